The van der Waals surface area contributed by atoms with Gasteiger partial charge in [-0.3, -0.25) is 4.90 Å². The second kappa shape index (κ2) is 4.11. The summed E-state index contributed by atoms with van der Waals surface area (Å²) < 4.78 is 0. The Morgan fingerprint density at radius 1 is 1.50 bits per heavy atom. The Morgan fingerprint density at radius 3 is 3.00 bits per heavy atom. The van der Waals surface area contributed by atoms with E-state index in [4.69, 9.17) is 5.73 Å². The maximum absolute atomic E-state index is 5.64. The van der Waals surface area contributed by atoms with E-state index in [2.05, 4.69) is 36.2 Å². The van der Waals surface area contributed by atoms with E-state index < -0.39 is 0 Å². The fraction of sp³-hybridized carbons (Fsp3) is 0.500. The third kappa shape index (κ3) is 1.81. The van der Waals surface area contributed by atoms with Gasteiger partial charge >= 0.3 is 0 Å². The molecule has 0 amide bonds. The molecule has 0 aliphatic carbocycles. The van der Waals surface area contributed by atoms with Crippen LogP contribution in [0.25, 0.3) is 0 Å². The van der Waals surface area contributed by atoms with Crippen LogP contribution >= 0.6 is 0 Å². The predicted octanol–water partition coefficient (Wildman–Crippen LogP) is 1.91. The van der Waals surface area contributed by atoms with E-state index in [1.165, 1.54) is 30.5 Å². The summed E-state index contributed by atoms with van der Waals surface area (Å²) >= 11 is 0. The van der Waals surface area contributed by atoms with Crippen molar-refractivity contribution in [2.45, 2.75) is 25.4 Å². The lowest BCUT2D eigenvalue weighted by molar-refractivity contribution is 0.317. The summed E-state index contributed by atoms with van der Waals surface area (Å²) in [5.74, 6) is 0. The molecular formula is C12H18N2. The van der Waals surface area contributed by atoms with E-state index in [0.717, 1.165) is 0 Å². The van der Waals surface area contributed by atoms with Gasteiger partial charge in [-0.25, -0.2) is 0 Å². The van der Waals surface area contributed by atoms with E-state index >= 15 is 0 Å². The number of hydrogen-bond acceptors (Lipinski definition) is 2. The molecule has 1 aromatic rings. The lowest BCUT2D eigenvalue weighted by Crippen LogP contribution is -2.17. The molecule has 1 aliphatic rings. The van der Waals surface area contributed by atoms with Crippen LogP contribution in [-0.4, -0.2) is 18.5 Å². The highest BCUT2D eigenvalue weighted by Gasteiger charge is 2.22. The quantitative estimate of drug-likeness (QED) is 0.772. The first-order chi connectivity index (χ1) is 6.81. The van der Waals surface area contributed by atoms with Gasteiger partial charge in [-0.1, -0.05) is 24.3 Å². The van der Waals surface area contributed by atoms with Gasteiger partial charge in [0.15, 0.2) is 0 Å². The molecule has 2 N–H and O–H groups in total. The average molecular weight is 190 g/mol. The topological polar surface area (TPSA) is 29.3 Å². The van der Waals surface area contributed by atoms with Crippen molar-refractivity contribution in [2.24, 2.45) is 5.73 Å². The molecule has 1 heterocycles. The summed E-state index contributed by atoms with van der Waals surface area (Å²) in [5, 5.41) is 0. The van der Waals surface area contributed by atoms with Gasteiger partial charge in [0.2, 0.25) is 0 Å². The molecular weight excluding hydrogens is 172 g/mol. The molecule has 2 nitrogen and oxygen atoms in total. The molecule has 1 unspecified atom stereocenters. The monoisotopic (exact) mass is 190 g/mol. The molecule has 0 bridgehead atoms. The number of likely N-dealkylation sites (tertiary alicyclic amines) is 1. The number of nitrogens with zero attached hydrogens (tertiary/aromatic N) is 1. The number of rotatable bonds is 2. The van der Waals surface area contributed by atoms with Gasteiger partial charge in [-0.2, -0.15) is 0 Å². The van der Waals surface area contributed by atoms with Crippen molar-refractivity contribution in [2.75, 3.05) is 13.6 Å². The second-order valence-corrected chi connectivity index (χ2v) is 4.09. The molecule has 1 fully saturated rings. The molecule has 1 aromatic carbocycles. The minimum atomic E-state index is 0.612. The van der Waals surface area contributed by atoms with E-state index in [-0.39, 0.29) is 0 Å². The molecule has 1 saturated heterocycles. The van der Waals surface area contributed by atoms with Crippen molar-refractivity contribution in [1.82, 2.24) is 4.90 Å². The van der Waals surface area contributed by atoms with Gasteiger partial charge in [-0.15, -0.1) is 0 Å². The Hall–Kier alpha value is -0.860. The molecule has 14 heavy (non-hydrogen) atoms. The second-order valence-electron chi connectivity index (χ2n) is 4.09. The average Bonchev–Trinajstić information content (AvgIpc) is 2.65. The lowest BCUT2D eigenvalue weighted by Gasteiger charge is -2.20. The summed E-state index contributed by atoms with van der Waals surface area (Å²) in [6.07, 6.45) is 2.60. The Bertz CT molecular complexity index is 309. The van der Waals surface area contributed by atoms with Gasteiger partial charge in [0.05, 0.1) is 0 Å². The van der Waals surface area contributed by atoms with Crippen LogP contribution in [0.1, 0.15) is 30.0 Å². The maximum Gasteiger partial charge on any atom is 0.0345 e. The third-order valence-electron chi connectivity index (χ3n) is 3.09. The molecule has 1 atom stereocenters. The summed E-state index contributed by atoms with van der Waals surface area (Å²) in [6, 6.07) is 9.28. The highest BCUT2D eigenvalue weighted by Crippen LogP contribution is 2.30. The lowest BCUT2D eigenvalue weighted by atomic mass is 10.0. The highest BCUT2D eigenvalue weighted by molar-refractivity contribution is 5.26. The van der Waals surface area contributed by atoms with Gasteiger partial charge in [-0.05, 0) is 37.6 Å². The molecule has 0 aromatic heterocycles. The van der Waals surface area contributed by atoms with Crippen molar-refractivity contribution in [1.29, 1.82) is 0 Å². The normalized spacial score (nSPS) is 22.9. The zero-order valence-electron chi connectivity index (χ0n) is 8.74. The van der Waals surface area contributed by atoms with Gasteiger partial charge < -0.3 is 5.73 Å². The fourth-order valence-corrected chi connectivity index (χ4v) is 2.26. The van der Waals surface area contributed by atoms with Crippen molar-refractivity contribution >= 4 is 0 Å². The first kappa shape index (κ1) is 9.69. The van der Waals surface area contributed by atoms with E-state index in [9.17, 15) is 0 Å². The minimum absolute atomic E-state index is 0.612. The van der Waals surface area contributed by atoms with Crippen LogP contribution in [0.3, 0.4) is 0 Å². The zero-order chi connectivity index (χ0) is 9.97. The van der Waals surface area contributed by atoms with Crippen LogP contribution in [0.5, 0.6) is 0 Å². The van der Waals surface area contributed by atoms with Crippen molar-refractivity contribution in [3.8, 4) is 0 Å². The molecule has 0 spiro atoms. The Kier molecular flexibility index (Phi) is 2.85. The largest absolute Gasteiger partial charge is 0.326 e. The van der Waals surface area contributed by atoms with Crippen LogP contribution in [0.15, 0.2) is 24.3 Å². The molecule has 76 valence electrons. The third-order valence-corrected chi connectivity index (χ3v) is 3.09. The molecule has 2 rings (SSSR count). The predicted molar refractivity (Wildman–Crippen MR) is 58.9 cm³/mol. The number of hydrogen-bond donors (Lipinski definition) is 1. The first-order valence-electron chi connectivity index (χ1n) is 5.30. The summed E-state index contributed by atoms with van der Waals surface area (Å²) in [6.45, 7) is 1.86. The van der Waals surface area contributed by atoms with Crippen molar-refractivity contribution in [3.05, 3.63) is 35.4 Å². The fourth-order valence-electron chi connectivity index (χ4n) is 2.26. The first-order valence-corrected chi connectivity index (χ1v) is 5.30. The molecule has 2 heteroatoms. The van der Waals surface area contributed by atoms with Gasteiger partial charge in [0, 0.05) is 12.6 Å². The number of nitrogens with two attached hydrogens (primary N) is 1. The molecule has 0 saturated carbocycles. The van der Waals surface area contributed by atoms with Gasteiger partial charge in [0.25, 0.3) is 0 Å². The summed E-state index contributed by atoms with van der Waals surface area (Å²) in [5.41, 5.74) is 8.30. The van der Waals surface area contributed by atoms with Crippen molar-refractivity contribution in [3.63, 3.8) is 0 Å². The van der Waals surface area contributed by atoms with E-state index in [0.29, 0.717) is 12.6 Å². The van der Waals surface area contributed by atoms with E-state index in [1.807, 2.05) is 0 Å². The SMILES string of the molecule is CN1CCCC1c1cccc(CN)c1. The maximum atomic E-state index is 5.64. The molecule has 1 aliphatic heterocycles. The Labute approximate surface area is 85.7 Å². The Morgan fingerprint density at radius 2 is 2.36 bits per heavy atom. The summed E-state index contributed by atoms with van der Waals surface area (Å²) in [4.78, 5) is 2.43. The van der Waals surface area contributed by atoms with Crippen LogP contribution in [0.4, 0.5) is 0 Å². The van der Waals surface area contributed by atoms with Gasteiger partial charge in [0.1, 0.15) is 0 Å². The summed E-state index contributed by atoms with van der Waals surface area (Å²) in [7, 11) is 2.20. The Balaban J connectivity index is 2.22. The minimum Gasteiger partial charge on any atom is -0.326 e. The van der Waals surface area contributed by atoms with Crippen LogP contribution in [-0.2, 0) is 6.54 Å². The zero-order valence-corrected chi connectivity index (χ0v) is 8.74. The smallest absolute Gasteiger partial charge is 0.0345 e. The van der Waals surface area contributed by atoms with Crippen molar-refractivity contribution < 1.29 is 0 Å². The molecule has 0 radical (unpaired) electrons. The van der Waals surface area contributed by atoms with Crippen LogP contribution in [0, 0.1) is 0 Å². The standard InChI is InChI=1S/C12H18N2/c1-14-7-3-6-12(14)11-5-2-4-10(8-11)9-13/h2,4-5,8,12H,3,6-7,9,13H2,1H3. The number of benzene rings is 1. The van der Waals surface area contributed by atoms with Crippen LogP contribution in [0.2, 0.25) is 0 Å². The van der Waals surface area contributed by atoms with Crippen LogP contribution < -0.4 is 5.73 Å². The van der Waals surface area contributed by atoms with E-state index in [1.54, 1.807) is 0 Å². The highest BCUT2D eigenvalue weighted by atomic mass is 15.1.